The van der Waals surface area contributed by atoms with Crippen molar-refractivity contribution < 1.29 is 14.2 Å². The molecular formula is C18H18N2O4. The molecule has 0 unspecified atom stereocenters. The summed E-state index contributed by atoms with van der Waals surface area (Å²) in [4.78, 5) is 19.3. The number of aryl methyl sites for hydroxylation is 1. The van der Waals surface area contributed by atoms with Crippen LogP contribution >= 0.6 is 0 Å². The number of nitrogens with one attached hydrogen (secondary N) is 1. The second-order valence-electron chi connectivity index (χ2n) is 5.28. The van der Waals surface area contributed by atoms with E-state index in [1.165, 1.54) is 0 Å². The van der Waals surface area contributed by atoms with E-state index in [0.29, 0.717) is 34.0 Å². The molecule has 0 saturated heterocycles. The van der Waals surface area contributed by atoms with Crippen LogP contribution in [0.3, 0.4) is 0 Å². The summed E-state index contributed by atoms with van der Waals surface area (Å²) in [6.07, 6.45) is 1.59. The van der Waals surface area contributed by atoms with Crippen molar-refractivity contribution in [2.75, 3.05) is 21.3 Å². The number of rotatable bonds is 4. The molecule has 2 heterocycles. The minimum absolute atomic E-state index is 0.184. The zero-order valence-corrected chi connectivity index (χ0v) is 14.0. The number of nitrogens with zero attached hydrogens (tertiary/aromatic N) is 1. The molecular weight excluding hydrogens is 308 g/mol. The Balaban J connectivity index is 2.37. The van der Waals surface area contributed by atoms with Crippen molar-refractivity contribution in [3.8, 4) is 28.5 Å². The van der Waals surface area contributed by atoms with Gasteiger partial charge >= 0.3 is 0 Å². The van der Waals surface area contributed by atoms with Crippen LogP contribution in [0.1, 0.15) is 5.56 Å². The van der Waals surface area contributed by atoms with Gasteiger partial charge in [0, 0.05) is 17.6 Å². The van der Waals surface area contributed by atoms with Crippen LogP contribution in [0, 0.1) is 6.92 Å². The molecule has 3 aromatic rings. The summed E-state index contributed by atoms with van der Waals surface area (Å²) < 4.78 is 16.3. The number of fused-ring (bicyclic) bond motifs is 1. The average Bonchev–Trinajstić information content (AvgIpc) is 2.60. The highest BCUT2D eigenvalue weighted by molar-refractivity contribution is 5.94. The maximum atomic E-state index is 12.0. The van der Waals surface area contributed by atoms with E-state index in [1.54, 1.807) is 45.7 Å². The highest BCUT2D eigenvalue weighted by Gasteiger charge is 2.19. The van der Waals surface area contributed by atoms with E-state index >= 15 is 0 Å². The number of ether oxygens (including phenoxy) is 3. The number of methoxy groups -OCH3 is 3. The largest absolute Gasteiger partial charge is 0.493 e. The Morgan fingerprint density at radius 2 is 1.79 bits per heavy atom. The molecule has 0 aliphatic rings. The van der Waals surface area contributed by atoms with Crippen LogP contribution in [0.15, 0.2) is 35.3 Å². The topological polar surface area (TPSA) is 73.4 Å². The lowest BCUT2D eigenvalue weighted by molar-refractivity contribution is 0.327. The minimum atomic E-state index is -0.184. The van der Waals surface area contributed by atoms with Gasteiger partial charge < -0.3 is 19.2 Å². The number of benzene rings is 1. The van der Waals surface area contributed by atoms with Crippen molar-refractivity contribution in [2.24, 2.45) is 0 Å². The third-order valence-corrected chi connectivity index (χ3v) is 3.89. The molecule has 6 heteroatoms. The van der Waals surface area contributed by atoms with Gasteiger partial charge in [0.1, 0.15) is 0 Å². The normalized spacial score (nSPS) is 10.7. The first-order chi connectivity index (χ1) is 11.6. The van der Waals surface area contributed by atoms with E-state index in [-0.39, 0.29) is 5.56 Å². The molecule has 2 aromatic heterocycles. The van der Waals surface area contributed by atoms with Crippen molar-refractivity contribution in [3.63, 3.8) is 0 Å². The van der Waals surface area contributed by atoms with E-state index in [4.69, 9.17) is 14.2 Å². The fourth-order valence-corrected chi connectivity index (χ4v) is 2.81. The summed E-state index contributed by atoms with van der Waals surface area (Å²) in [5, 5.41) is 0.825. The monoisotopic (exact) mass is 326 g/mol. The van der Waals surface area contributed by atoms with E-state index in [9.17, 15) is 4.79 Å². The van der Waals surface area contributed by atoms with Gasteiger partial charge in [0.25, 0.3) is 5.56 Å². The van der Waals surface area contributed by atoms with Gasteiger partial charge in [-0.05, 0) is 30.7 Å². The zero-order chi connectivity index (χ0) is 17.3. The predicted octanol–water partition coefficient (Wildman–Crippen LogP) is 2.92. The first kappa shape index (κ1) is 15.9. The van der Waals surface area contributed by atoms with Crippen LogP contribution in [0.2, 0.25) is 0 Å². The van der Waals surface area contributed by atoms with E-state index < -0.39 is 0 Å². The van der Waals surface area contributed by atoms with Gasteiger partial charge in [-0.1, -0.05) is 0 Å². The Labute approximate surface area is 139 Å². The zero-order valence-electron chi connectivity index (χ0n) is 14.0. The minimum Gasteiger partial charge on any atom is -0.493 e. The highest BCUT2D eigenvalue weighted by Crippen LogP contribution is 2.44. The van der Waals surface area contributed by atoms with Crippen LogP contribution in [0.25, 0.3) is 22.2 Å². The number of aromatic amines is 1. The molecule has 0 atom stereocenters. The summed E-state index contributed by atoms with van der Waals surface area (Å²) in [5.41, 5.74) is 2.52. The summed E-state index contributed by atoms with van der Waals surface area (Å²) in [6, 6.07) is 7.16. The molecule has 24 heavy (non-hydrogen) atoms. The maximum Gasteiger partial charge on any atom is 0.257 e. The Bertz CT molecular complexity index is 963. The van der Waals surface area contributed by atoms with Crippen molar-refractivity contribution >= 4 is 10.9 Å². The summed E-state index contributed by atoms with van der Waals surface area (Å²) in [6.45, 7) is 1.94. The smallest absolute Gasteiger partial charge is 0.257 e. The number of hydrogen-bond donors (Lipinski definition) is 1. The molecule has 1 N–H and O–H groups in total. The van der Waals surface area contributed by atoms with Crippen molar-refractivity contribution in [1.82, 2.24) is 9.97 Å². The molecule has 1 aromatic carbocycles. The van der Waals surface area contributed by atoms with Gasteiger partial charge in [-0.3, -0.25) is 4.79 Å². The fourth-order valence-electron chi connectivity index (χ4n) is 2.81. The van der Waals surface area contributed by atoms with Crippen LogP contribution in [-0.4, -0.2) is 31.3 Å². The van der Waals surface area contributed by atoms with Crippen molar-refractivity contribution in [2.45, 2.75) is 6.92 Å². The second-order valence-corrected chi connectivity index (χ2v) is 5.28. The molecule has 0 aliphatic heterocycles. The Hall–Kier alpha value is -3.02. The molecule has 124 valence electrons. The molecule has 6 nitrogen and oxygen atoms in total. The molecule has 0 bridgehead atoms. The molecule has 0 amide bonds. The summed E-state index contributed by atoms with van der Waals surface area (Å²) >= 11 is 0. The average molecular weight is 326 g/mol. The summed E-state index contributed by atoms with van der Waals surface area (Å²) in [5.74, 6) is 1.60. The molecule has 0 aliphatic carbocycles. The van der Waals surface area contributed by atoms with Gasteiger partial charge in [-0.15, -0.1) is 0 Å². The molecule has 0 saturated carbocycles. The third kappa shape index (κ3) is 2.46. The SMILES string of the molecule is COc1cc2nc(-c3ccc[nH]c3=O)cc(C)c2c(OC)c1OC. The Morgan fingerprint density at radius 1 is 1.04 bits per heavy atom. The fraction of sp³-hybridized carbons (Fsp3) is 0.222. The van der Waals surface area contributed by atoms with Crippen LogP contribution in [-0.2, 0) is 0 Å². The van der Waals surface area contributed by atoms with Crippen LogP contribution in [0.5, 0.6) is 17.2 Å². The molecule has 0 radical (unpaired) electrons. The van der Waals surface area contributed by atoms with E-state index in [1.807, 2.05) is 13.0 Å². The molecule has 3 rings (SSSR count). The van der Waals surface area contributed by atoms with E-state index in [2.05, 4.69) is 9.97 Å². The van der Waals surface area contributed by atoms with Gasteiger partial charge in [0.05, 0.1) is 38.1 Å². The first-order valence-corrected chi connectivity index (χ1v) is 7.39. The maximum absolute atomic E-state index is 12.0. The van der Waals surface area contributed by atoms with Gasteiger partial charge in [-0.2, -0.15) is 0 Å². The Morgan fingerprint density at radius 3 is 2.42 bits per heavy atom. The quantitative estimate of drug-likeness (QED) is 0.798. The number of aromatic nitrogens is 2. The summed E-state index contributed by atoms with van der Waals surface area (Å²) in [7, 11) is 4.70. The number of pyridine rings is 2. The molecule has 0 spiro atoms. The third-order valence-electron chi connectivity index (χ3n) is 3.89. The van der Waals surface area contributed by atoms with Crippen molar-refractivity contribution in [3.05, 3.63) is 46.4 Å². The highest BCUT2D eigenvalue weighted by atomic mass is 16.5. The van der Waals surface area contributed by atoms with Crippen LogP contribution < -0.4 is 19.8 Å². The van der Waals surface area contributed by atoms with Crippen molar-refractivity contribution in [1.29, 1.82) is 0 Å². The number of H-pyrrole nitrogens is 1. The van der Waals surface area contributed by atoms with Gasteiger partial charge in [-0.25, -0.2) is 4.98 Å². The number of hydrogen-bond acceptors (Lipinski definition) is 5. The van der Waals surface area contributed by atoms with Gasteiger partial charge in [0.15, 0.2) is 11.5 Å². The van der Waals surface area contributed by atoms with Gasteiger partial charge in [0.2, 0.25) is 5.75 Å². The van der Waals surface area contributed by atoms with E-state index in [0.717, 1.165) is 10.9 Å². The standard InChI is InChI=1S/C18H18N2O4/c1-10-8-12(11-6-5-7-19-18(11)21)20-13-9-14(22-2)16(23-3)17(24-4)15(10)13/h5-9H,1-4H3,(H,19,21). The van der Waals surface area contributed by atoms with Crippen LogP contribution in [0.4, 0.5) is 0 Å². The molecule has 0 fully saturated rings. The Kier molecular flexibility index (Phi) is 4.12. The lowest BCUT2D eigenvalue weighted by Gasteiger charge is -2.16. The first-order valence-electron chi connectivity index (χ1n) is 7.39. The predicted molar refractivity (Wildman–Crippen MR) is 92.2 cm³/mol. The lowest BCUT2D eigenvalue weighted by Crippen LogP contribution is -2.08. The lowest BCUT2D eigenvalue weighted by atomic mass is 10.0. The second kappa shape index (κ2) is 6.23.